The molecule has 0 radical (unpaired) electrons. The highest BCUT2D eigenvalue weighted by atomic mass is 35.5. The third kappa shape index (κ3) is 3.79. The maximum absolute atomic E-state index is 13.0. The van der Waals surface area contributed by atoms with Crippen molar-refractivity contribution in [3.8, 4) is 0 Å². The third-order valence-corrected chi connectivity index (χ3v) is 2.98. The summed E-state index contributed by atoms with van der Waals surface area (Å²) in [4.78, 5) is 22.6. The summed E-state index contributed by atoms with van der Waals surface area (Å²) in [5.74, 6) is -2.04. The first-order valence-corrected chi connectivity index (χ1v) is 6.35. The number of carbonyl (C=O) groups is 2. The molecule has 1 aromatic carbocycles. The number of benzene rings is 1. The Morgan fingerprint density at radius 2 is 2.14 bits per heavy atom. The Labute approximate surface area is 124 Å². The summed E-state index contributed by atoms with van der Waals surface area (Å²) in [6, 6.07) is 5.18. The fourth-order valence-corrected chi connectivity index (χ4v) is 1.88. The second kappa shape index (κ2) is 6.36. The van der Waals surface area contributed by atoms with Crippen molar-refractivity contribution in [1.82, 2.24) is 9.78 Å². The van der Waals surface area contributed by atoms with E-state index < -0.39 is 11.8 Å². The minimum Gasteiger partial charge on any atom is -0.477 e. The first kappa shape index (κ1) is 15.0. The highest BCUT2D eigenvalue weighted by molar-refractivity contribution is 6.31. The second-order valence-corrected chi connectivity index (χ2v) is 4.58. The van der Waals surface area contributed by atoms with Gasteiger partial charge in [0.15, 0.2) is 0 Å². The van der Waals surface area contributed by atoms with Gasteiger partial charge in [0.05, 0.1) is 11.6 Å². The number of nitrogens with zero attached hydrogens (tertiary/aromatic N) is 2. The van der Waals surface area contributed by atoms with Gasteiger partial charge in [-0.05, 0) is 24.3 Å². The van der Waals surface area contributed by atoms with Crippen LogP contribution < -0.4 is 5.32 Å². The number of hydrogen-bond acceptors (Lipinski definition) is 3. The van der Waals surface area contributed by atoms with E-state index in [9.17, 15) is 14.0 Å². The largest absolute Gasteiger partial charge is 0.477 e. The average Bonchev–Trinajstić information content (AvgIpc) is 2.89. The van der Waals surface area contributed by atoms with Crippen molar-refractivity contribution in [2.45, 2.75) is 13.0 Å². The minimum atomic E-state index is -1.11. The fraction of sp³-hybridized carbons (Fsp3) is 0.154. The molecule has 1 aromatic heterocycles. The molecule has 8 heteroatoms. The predicted octanol–water partition coefficient (Wildman–Crippen LogP) is 2.40. The van der Waals surface area contributed by atoms with Crippen LogP contribution in [0.3, 0.4) is 0 Å². The molecule has 0 saturated carbocycles. The summed E-state index contributed by atoms with van der Waals surface area (Å²) in [5, 5.41) is 15.2. The molecule has 0 aliphatic rings. The van der Waals surface area contributed by atoms with Gasteiger partial charge in [0, 0.05) is 18.3 Å². The van der Waals surface area contributed by atoms with Crippen molar-refractivity contribution >= 4 is 29.2 Å². The molecule has 21 heavy (non-hydrogen) atoms. The van der Waals surface area contributed by atoms with E-state index in [2.05, 4.69) is 10.4 Å². The molecule has 0 aliphatic heterocycles. The number of rotatable bonds is 5. The number of halogens is 2. The van der Waals surface area contributed by atoms with Gasteiger partial charge in [0.2, 0.25) is 5.91 Å². The summed E-state index contributed by atoms with van der Waals surface area (Å²) in [7, 11) is 0. The molecule has 0 saturated heterocycles. The maximum Gasteiger partial charge on any atom is 0.354 e. The molecule has 0 fully saturated rings. The molecule has 0 bridgehead atoms. The fourth-order valence-electron chi connectivity index (χ4n) is 1.70. The number of nitrogens with one attached hydrogen (secondary N) is 1. The lowest BCUT2D eigenvalue weighted by molar-refractivity contribution is -0.116. The van der Waals surface area contributed by atoms with Gasteiger partial charge in [0.25, 0.3) is 0 Å². The summed E-state index contributed by atoms with van der Waals surface area (Å²) in [6.07, 6.45) is 1.37. The first-order chi connectivity index (χ1) is 9.97. The standard InChI is InChI=1S/C13H11ClFN3O3/c14-9-7-8(1-2-10(9)15)17-12(19)4-6-18-11(13(20)21)3-5-16-18/h1-3,5,7H,4,6H2,(H,17,19)(H,20,21). The Kier molecular flexibility index (Phi) is 4.54. The Balaban J connectivity index is 1.94. The van der Waals surface area contributed by atoms with E-state index in [4.69, 9.17) is 16.7 Å². The van der Waals surface area contributed by atoms with Crippen molar-refractivity contribution < 1.29 is 19.1 Å². The first-order valence-electron chi connectivity index (χ1n) is 5.97. The lowest BCUT2D eigenvalue weighted by Crippen LogP contribution is -2.17. The van der Waals surface area contributed by atoms with Crippen LogP contribution in [0.5, 0.6) is 0 Å². The Bertz CT molecular complexity index is 687. The molecule has 1 heterocycles. The quantitative estimate of drug-likeness (QED) is 0.888. The van der Waals surface area contributed by atoms with E-state index in [0.717, 1.165) is 6.07 Å². The maximum atomic E-state index is 13.0. The van der Waals surface area contributed by atoms with Crippen LogP contribution in [0.15, 0.2) is 30.5 Å². The number of aromatic nitrogens is 2. The van der Waals surface area contributed by atoms with Crippen LogP contribution in [0, 0.1) is 5.82 Å². The van der Waals surface area contributed by atoms with E-state index in [1.54, 1.807) is 0 Å². The number of aromatic carboxylic acids is 1. The van der Waals surface area contributed by atoms with Crippen molar-refractivity contribution in [3.05, 3.63) is 47.0 Å². The van der Waals surface area contributed by atoms with Gasteiger partial charge in [0.1, 0.15) is 11.5 Å². The van der Waals surface area contributed by atoms with Gasteiger partial charge >= 0.3 is 5.97 Å². The molecule has 0 aliphatic carbocycles. The normalized spacial score (nSPS) is 10.4. The number of aryl methyl sites for hydroxylation is 1. The van der Waals surface area contributed by atoms with Crippen molar-refractivity contribution in [3.63, 3.8) is 0 Å². The van der Waals surface area contributed by atoms with Gasteiger partial charge in [-0.1, -0.05) is 11.6 Å². The van der Waals surface area contributed by atoms with Crippen molar-refractivity contribution in [2.24, 2.45) is 0 Å². The van der Waals surface area contributed by atoms with Crippen LogP contribution in [0.4, 0.5) is 10.1 Å². The molecular weight excluding hydrogens is 301 g/mol. The lowest BCUT2D eigenvalue weighted by atomic mass is 10.3. The topological polar surface area (TPSA) is 84.2 Å². The summed E-state index contributed by atoms with van der Waals surface area (Å²) < 4.78 is 14.2. The lowest BCUT2D eigenvalue weighted by Gasteiger charge is -2.07. The third-order valence-electron chi connectivity index (χ3n) is 2.69. The summed E-state index contributed by atoms with van der Waals surface area (Å²) in [5.41, 5.74) is 0.373. The Morgan fingerprint density at radius 3 is 2.81 bits per heavy atom. The SMILES string of the molecule is O=C(CCn1nccc1C(=O)O)Nc1ccc(F)c(Cl)c1. The van der Waals surface area contributed by atoms with Crippen LogP contribution >= 0.6 is 11.6 Å². The number of carboxylic acid groups (broad SMARTS) is 1. The zero-order chi connectivity index (χ0) is 15.4. The summed E-state index contributed by atoms with van der Waals surface area (Å²) in [6.45, 7) is 0.120. The van der Waals surface area contributed by atoms with E-state index in [1.165, 1.54) is 29.1 Å². The smallest absolute Gasteiger partial charge is 0.354 e. The molecule has 2 N–H and O–H groups in total. The van der Waals surface area contributed by atoms with Crippen LogP contribution in [0.1, 0.15) is 16.9 Å². The average molecular weight is 312 g/mol. The highest BCUT2D eigenvalue weighted by Crippen LogP contribution is 2.19. The van der Waals surface area contributed by atoms with Crippen molar-refractivity contribution in [2.75, 3.05) is 5.32 Å². The molecule has 0 unspecified atom stereocenters. The predicted molar refractivity (Wildman–Crippen MR) is 73.8 cm³/mol. The number of anilines is 1. The molecule has 2 aromatic rings. The van der Waals surface area contributed by atoms with Crippen LogP contribution in [-0.4, -0.2) is 26.8 Å². The second-order valence-electron chi connectivity index (χ2n) is 4.17. The summed E-state index contributed by atoms with van der Waals surface area (Å²) >= 11 is 5.61. The molecule has 1 amide bonds. The van der Waals surface area contributed by atoms with Gasteiger partial charge in [-0.2, -0.15) is 5.10 Å². The van der Waals surface area contributed by atoms with Gasteiger partial charge in [-0.25, -0.2) is 9.18 Å². The van der Waals surface area contributed by atoms with Gasteiger partial charge < -0.3 is 10.4 Å². The molecule has 110 valence electrons. The van der Waals surface area contributed by atoms with Crippen LogP contribution in [0.2, 0.25) is 5.02 Å². The highest BCUT2D eigenvalue weighted by Gasteiger charge is 2.11. The minimum absolute atomic E-state index is 0.00706. The van der Waals surface area contributed by atoms with Gasteiger partial charge in [-0.15, -0.1) is 0 Å². The van der Waals surface area contributed by atoms with Crippen LogP contribution in [-0.2, 0) is 11.3 Å². The number of amides is 1. The number of carbonyl (C=O) groups excluding carboxylic acids is 1. The van der Waals surface area contributed by atoms with E-state index in [0.29, 0.717) is 5.69 Å². The number of carboxylic acids is 1. The monoisotopic (exact) mass is 311 g/mol. The van der Waals surface area contributed by atoms with Crippen molar-refractivity contribution in [1.29, 1.82) is 0 Å². The molecule has 6 nitrogen and oxygen atoms in total. The van der Waals surface area contributed by atoms with Crippen LogP contribution in [0.25, 0.3) is 0 Å². The number of hydrogen-bond donors (Lipinski definition) is 2. The Morgan fingerprint density at radius 1 is 1.38 bits per heavy atom. The van der Waals surface area contributed by atoms with Gasteiger partial charge in [-0.3, -0.25) is 9.48 Å². The molecule has 0 atom stereocenters. The molecule has 0 spiro atoms. The van der Waals surface area contributed by atoms with E-state index in [1.807, 2.05) is 0 Å². The zero-order valence-corrected chi connectivity index (χ0v) is 11.5. The van der Waals surface area contributed by atoms with E-state index in [-0.39, 0.29) is 29.6 Å². The van der Waals surface area contributed by atoms with E-state index >= 15 is 0 Å². The zero-order valence-electron chi connectivity index (χ0n) is 10.7. The Hall–Kier alpha value is -2.41. The molecule has 2 rings (SSSR count). The molecular formula is C13H11ClFN3O3.